The van der Waals surface area contributed by atoms with E-state index >= 15 is 0 Å². The van der Waals surface area contributed by atoms with Gasteiger partial charge in [0.05, 0.1) is 43.8 Å². The lowest BCUT2D eigenvalue weighted by molar-refractivity contribution is -0.142. The third-order valence-electron chi connectivity index (χ3n) is 4.83. The van der Waals surface area contributed by atoms with E-state index in [0.717, 1.165) is 0 Å². The van der Waals surface area contributed by atoms with Crippen molar-refractivity contribution in [3.8, 4) is 17.5 Å². The molecule has 29 heavy (non-hydrogen) atoms. The lowest BCUT2D eigenvalue weighted by atomic mass is 9.91. The highest BCUT2D eigenvalue weighted by Crippen LogP contribution is 2.36. The minimum Gasteiger partial charge on any atom is -0.469 e. The number of halogens is 2. The van der Waals surface area contributed by atoms with Crippen LogP contribution in [0.4, 0.5) is 14.5 Å². The van der Waals surface area contributed by atoms with Crippen LogP contribution in [0, 0.1) is 17.2 Å². The highest BCUT2D eigenvalue weighted by Gasteiger charge is 2.41. The van der Waals surface area contributed by atoms with Crippen LogP contribution in [0.15, 0.2) is 12.1 Å². The van der Waals surface area contributed by atoms with E-state index in [0.29, 0.717) is 17.1 Å². The summed E-state index contributed by atoms with van der Waals surface area (Å²) in [5.41, 5.74) is 1.23. The molecule has 2 aromatic heterocycles. The van der Waals surface area contributed by atoms with Crippen LogP contribution in [0.2, 0.25) is 0 Å². The predicted molar refractivity (Wildman–Crippen MR) is 96.8 cm³/mol. The monoisotopic (exact) mass is 406 g/mol. The fourth-order valence-corrected chi connectivity index (χ4v) is 3.52. The topological polar surface area (TPSA) is 117 Å². The molecule has 9 nitrogen and oxygen atoms in total. The molecule has 1 fully saturated rings. The van der Waals surface area contributed by atoms with Crippen LogP contribution in [0.25, 0.3) is 11.4 Å². The number of rotatable bonds is 5. The number of esters is 1. The SMILES string of the molecule is COC(=O)CC1CN(c2ccc(-c3nnn(C)c3CO)nc2C#N)CC(F)(F)C1. The maximum Gasteiger partial charge on any atom is 0.305 e. The van der Waals surface area contributed by atoms with E-state index in [1.54, 1.807) is 13.1 Å². The van der Waals surface area contributed by atoms with E-state index in [2.05, 4.69) is 20.0 Å². The first-order valence-electron chi connectivity index (χ1n) is 8.88. The lowest BCUT2D eigenvalue weighted by Gasteiger charge is -2.38. The fourth-order valence-electron chi connectivity index (χ4n) is 3.52. The Bertz CT molecular complexity index is 956. The third-order valence-corrected chi connectivity index (χ3v) is 4.83. The van der Waals surface area contributed by atoms with Gasteiger partial charge in [-0.15, -0.1) is 5.10 Å². The minimum absolute atomic E-state index is 0.0495. The van der Waals surface area contributed by atoms with Crippen molar-refractivity contribution in [2.24, 2.45) is 13.0 Å². The van der Waals surface area contributed by atoms with Crippen LogP contribution < -0.4 is 4.90 Å². The van der Waals surface area contributed by atoms with E-state index < -0.39 is 30.8 Å². The number of aliphatic hydroxyl groups is 1. The maximum atomic E-state index is 14.3. The summed E-state index contributed by atoms with van der Waals surface area (Å²) in [6.07, 6.45) is -0.555. The zero-order valence-electron chi connectivity index (χ0n) is 16.0. The number of anilines is 1. The zero-order chi connectivity index (χ0) is 21.2. The molecule has 0 amide bonds. The zero-order valence-corrected chi connectivity index (χ0v) is 16.0. The van der Waals surface area contributed by atoms with Crippen LogP contribution >= 0.6 is 0 Å². The van der Waals surface area contributed by atoms with Crippen LogP contribution in [0.1, 0.15) is 24.2 Å². The fraction of sp³-hybridized carbons (Fsp3) is 0.500. The number of aryl methyl sites for hydroxylation is 1. The summed E-state index contributed by atoms with van der Waals surface area (Å²) in [6, 6.07) is 5.00. The lowest BCUT2D eigenvalue weighted by Crippen LogP contribution is -2.48. The van der Waals surface area contributed by atoms with Crippen molar-refractivity contribution in [1.82, 2.24) is 20.0 Å². The second-order valence-electron chi connectivity index (χ2n) is 6.93. The number of piperidine rings is 1. The second kappa shape index (κ2) is 8.08. The van der Waals surface area contributed by atoms with Crippen molar-refractivity contribution in [2.45, 2.75) is 25.4 Å². The van der Waals surface area contributed by atoms with E-state index in [1.165, 1.54) is 22.8 Å². The summed E-state index contributed by atoms with van der Waals surface area (Å²) in [5, 5.41) is 26.8. The molecule has 0 bridgehead atoms. The summed E-state index contributed by atoms with van der Waals surface area (Å²) in [7, 11) is 2.82. The summed E-state index contributed by atoms with van der Waals surface area (Å²) in [6.45, 7) is -0.724. The van der Waals surface area contributed by atoms with Crippen molar-refractivity contribution in [1.29, 1.82) is 5.26 Å². The molecular weight excluding hydrogens is 386 g/mol. The Labute approximate surface area is 165 Å². The molecule has 0 saturated carbocycles. The molecule has 0 radical (unpaired) electrons. The van der Waals surface area contributed by atoms with Gasteiger partial charge in [-0.3, -0.25) is 4.79 Å². The highest BCUT2D eigenvalue weighted by molar-refractivity contribution is 5.70. The second-order valence-corrected chi connectivity index (χ2v) is 6.93. The number of hydrogen-bond acceptors (Lipinski definition) is 8. The Morgan fingerprint density at radius 2 is 2.24 bits per heavy atom. The minimum atomic E-state index is -3.02. The van der Waals surface area contributed by atoms with Gasteiger partial charge in [0.1, 0.15) is 11.8 Å². The molecule has 2 aromatic rings. The number of carbonyl (C=O) groups is 1. The van der Waals surface area contributed by atoms with Gasteiger partial charge in [-0.1, -0.05) is 5.21 Å². The summed E-state index contributed by atoms with van der Waals surface area (Å²) >= 11 is 0. The molecule has 1 atom stereocenters. The van der Waals surface area contributed by atoms with Gasteiger partial charge in [0, 0.05) is 20.0 Å². The van der Waals surface area contributed by atoms with E-state index in [9.17, 15) is 23.9 Å². The average molecular weight is 406 g/mol. The number of alkyl halides is 2. The van der Waals surface area contributed by atoms with Crippen molar-refractivity contribution in [3.05, 3.63) is 23.5 Å². The molecule has 1 N–H and O–H groups in total. The molecule has 0 spiro atoms. The Morgan fingerprint density at radius 1 is 1.48 bits per heavy atom. The number of ether oxygens (including phenoxy) is 1. The number of pyridine rings is 1. The van der Waals surface area contributed by atoms with Gasteiger partial charge >= 0.3 is 5.97 Å². The van der Waals surface area contributed by atoms with Gasteiger partial charge < -0.3 is 14.7 Å². The Balaban J connectivity index is 1.93. The number of aliphatic hydroxyl groups excluding tert-OH is 1. The van der Waals surface area contributed by atoms with Crippen LogP contribution in [0.5, 0.6) is 0 Å². The standard InChI is InChI=1S/C18H20F2N6O3/c1-25-15(9-27)17(23-24-25)12-3-4-14(13(7-21)22-12)26-8-11(5-16(28)29-2)6-18(19,20)10-26/h3-4,11,27H,5-6,8-10H2,1-2H3. The number of carbonyl (C=O) groups excluding carboxylic acids is 1. The van der Waals surface area contributed by atoms with E-state index in [4.69, 9.17) is 0 Å². The quantitative estimate of drug-likeness (QED) is 0.738. The number of aromatic nitrogens is 4. The van der Waals surface area contributed by atoms with Gasteiger partial charge in [0.15, 0.2) is 5.69 Å². The van der Waals surface area contributed by atoms with Gasteiger partial charge in [0.2, 0.25) is 0 Å². The number of nitrogens with zero attached hydrogens (tertiary/aromatic N) is 6. The normalized spacial score (nSPS) is 18.3. The van der Waals surface area contributed by atoms with Crippen molar-refractivity contribution < 1.29 is 23.4 Å². The third kappa shape index (κ3) is 4.32. The molecule has 1 saturated heterocycles. The van der Waals surface area contributed by atoms with Crippen molar-refractivity contribution in [2.75, 3.05) is 25.1 Å². The smallest absolute Gasteiger partial charge is 0.305 e. The van der Waals surface area contributed by atoms with Gasteiger partial charge in [-0.05, 0) is 18.1 Å². The predicted octanol–water partition coefficient (Wildman–Crippen LogP) is 1.27. The maximum absolute atomic E-state index is 14.3. The van der Waals surface area contributed by atoms with Gasteiger partial charge in [-0.2, -0.15) is 5.26 Å². The summed E-state index contributed by atoms with van der Waals surface area (Å²) in [5.74, 6) is -4.18. The highest BCUT2D eigenvalue weighted by atomic mass is 19.3. The molecule has 1 aliphatic rings. The first-order chi connectivity index (χ1) is 13.8. The Morgan fingerprint density at radius 3 is 2.90 bits per heavy atom. The van der Waals surface area contributed by atoms with E-state index in [1.807, 2.05) is 6.07 Å². The van der Waals surface area contributed by atoms with Crippen LogP contribution in [-0.4, -0.2) is 57.2 Å². The molecule has 11 heteroatoms. The first-order valence-corrected chi connectivity index (χ1v) is 8.88. The molecule has 3 rings (SSSR count). The molecule has 0 aliphatic carbocycles. The summed E-state index contributed by atoms with van der Waals surface area (Å²) < 4.78 is 34.5. The number of nitriles is 1. The van der Waals surface area contributed by atoms with E-state index in [-0.39, 0.29) is 31.0 Å². The molecule has 1 unspecified atom stereocenters. The van der Waals surface area contributed by atoms with Crippen molar-refractivity contribution in [3.63, 3.8) is 0 Å². The largest absolute Gasteiger partial charge is 0.469 e. The molecule has 0 aromatic carbocycles. The number of methoxy groups -OCH3 is 1. The summed E-state index contributed by atoms with van der Waals surface area (Å²) in [4.78, 5) is 17.1. The van der Waals surface area contributed by atoms with Gasteiger partial charge in [-0.25, -0.2) is 18.4 Å². The molecular formula is C18H20F2N6O3. The number of hydrogen-bond donors (Lipinski definition) is 1. The molecule has 3 heterocycles. The molecule has 1 aliphatic heterocycles. The first kappa shape index (κ1) is 20.6. The Kier molecular flexibility index (Phi) is 5.74. The van der Waals surface area contributed by atoms with Gasteiger partial charge in [0.25, 0.3) is 5.92 Å². The van der Waals surface area contributed by atoms with Crippen LogP contribution in [-0.2, 0) is 23.2 Å². The average Bonchev–Trinajstić information content (AvgIpc) is 3.06. The molecule has 154 valence electrons. The Hall–Kier alpha value is -3.13. The van der Waals surface area contributed by atoms with Crippen molar-refractivity contribution >= 4 is 11.7 Å². The van der Waals surface area contributed by atoms with Crippen LogP contribution in [0.3, 0.4) is 0 Å².